The van der Waals surface area contributed by atoms with Gasteiger partial charge in [0.1, 0.15) is 5.82 Å². The molecule has 1 aliphatic rings. The summed E-state index contributed by atoms with van der Waals surface area (Å²) in [5.41, 5.74) is 2.75. The molecule has 0 amide bonds. The molecule has 0 aliphatic carbocycles. The monoisotopic (exact) mass is 434 g/mol. The van der Waals surface area contributed by atoms with Crippen LogP contribution in [0.3, 0.4) is 0 Å². The molecule has 0 radical (unpaired) electrons. The minimum absolute atomic E-state index is 0.147. The van der Waals surface area contributed by atoms with Gasteiger partial charge in [0.2, 0.25) is 0 Å². The molecule has 1 atom stereocenters. The minimum atomic E-state index is -3.84. The first-order valence-electron chi connectivity index (χ1n) is 10.7. The first-order valence-corrected chi connectivity index (χ1v) is 12.3. The van der Waals surface area contributed by atoms with Gasteiger partial charge in [0.05, 0.1) is 5.75 Å². The maximum Gasteiger partial charge on any atom is 0.264 e. The standard InChI is InChI=1S/C23H31FN2O3S/c24-23-8-4-3-7-22(23)20-11-9-19(10-12-20)17-21-18-25-13-15-26(21)14-5-1-2-6-16-30(27,28)29/h3-4,7-12,21,25H,1-2,5-6,13-18H2,(H,27,28,29). The quantitative estimate of drug-likeness (QED) is 0.440. The molecule has 1 fully saturated rings. The van der Waals surface area contributed by atoms with Gasteiger partial charge >= 0.3 is 0 Å². The van der Waals surface area contributed by atoms with Crippen LogP contribution in [0.15, 0.2) is 48.5 Å². The van der Waals surface area contributed by atoms with Crippen LogP contribution < -0.4 is 5.32 Å². The van der Waals surface area contributed by atoms with Crippen LogP contribution in [0.5, 0.6) is 0 Å². The summed E-state index contributed by atoms with van der Waals surface area (Å²) in [6.45, 7) is 3.91. The highest BCUT2D eigenvalue weighted by Gasteiger charge is 2.22. The van der Waals surface area contributed by atoms with E-state index in [0.29, 0.717) is 18.0 Å². The Hall–Kier alpha value is -1.80. The molecule has 5 nitrogen and oxygen atoms in total. The van der Waals surface area contributed by atoms with Gasteiger partial charge in [-0.1, -0.05) is 55.3 Å². The molecule has 1 aliphatic heterocycles. The van der Waals surface area contributed by atoms with Gasteiger partial charge in [-0.25, -0.2) is 4.39 Å². The van der Waals surface area contributed by atoms with Gasteiger partial charge in [0.15, 0.2) is 0 Å². The van der Waals surface area contributed by atoms with E-state index >= 15 is 0 Å². The summed E-state index contributed by atoms with van der Waals surface area (Å²) >= 11 is 0. The number of hydrogen-bond acceptors (Lipinski definition) is 4. The van der Waals surface area contributed by atoms with E-state index in [2.05, 4.69) is 22.3 Å². The Morgan fingerprint density at radius 2 is 1.77 bits per heavy atom. The van der Waals surface area contributed by atoms with Crippen molar-refractivity contribution in [3.05, 3.63) is 59.9 Å². The van der Waals surface area contributed by atoms with E-state index in [1.54, 1.807) is 12.1 Å². The van der Waals surface area contributed by atoms with Crippen LogP contribution in [-0.4, -0.2) is 55.8 Å². The van der Waals surface area contributed by atoms with Crippen LogP contribution >= 0.6 is 0 Å². The van der Waals surface area contributed by atoms with E-state index in [1.165, 1.54) is 11.6 Å². The van der Waals surface area contributed by atoms with E-state index in [1.807, 2.05) is 18.2 Å². The first kappa shape index (κ1) is 22.9. The predicted octanol–water partition coefficient (Wildman–Crippen LogP) is 3.76. The molecular weight excluding hydrogens is 403 g/mol. The second-order valence-corrected chi connectivity index (χ2v) is 9.55. The third-order valence-electron chi connectivity index (χ3n) is 5.68. The second kappa shape index (κ2) is 11.0. The highest BCUT2D eigenvalue weighted by molar-refractivity contribution is 7.85. The maximum atomic E-state index is 14.0. The predicted molar refractivity (Wildman–Crippen MR) is 119 cm³/mol. The topological polar surface area (TPSA) is 69.6 Å². The largest absolute Gasteiger partial charge is 0.314 e. The van der Waals surface area contributed by atoms with Gasteiger partial charge in [0.25, 0.3) is 10.1 Å². The average molecular weight is 435 g/mol. The van der Waals surface area contributed by atoms with Gasteiger partial charge in [-0.3, -0.25) is 9.45 Å². The van der Waals surface area contributed by atoms with Crippen molar-refractivity contribution >= 4 is 10.1 Å². The molecule has 2 aromatic rings. The molecule has 2 aromatic carbocycles. The van der Waals surface area contributed by atoms with Gasteiger partial charge in [0, 0.05) is 31.2 Å². The summed E-state index contributed by atoms with van der Waals surface area (Å²) in [7, 11) is -3.84. The van der Waals surface area contributed by atoms with Crippen molar-refractivity contribution in [3.8, 4) is 11.1 Å². The average Bonchev–Trinajstić information content (AvgIpc) is 2.72. The van der Waals surface area contributed by atoms with Crippen LogP contribution in [0.1, 0.15) is 31.2 Å². The SMILES string of the molecule is O=S(=O)(O)CCCCCCN1CCNCC1Cc1ccc(-c2ccccc2F)cc1. The highest BCUT2D eigenvalue weighted by atomic mass is 32.2. The smallest absolute Gasteiger partial charge is 0.264 e. The van der Waals surface area contributed by atoms with Crippen molar-refractivity contribution in [3.63, 3.8) is 0 Å². The van der Waals surface area contributed by atoms with Crippen molar-refractivity contribution in [1.29, 1.82) is 0 Å². The number of unbranched alkanes of at least 4 members (excludes halogenated alkanes) is 3. The van der Waals surface area contributed by atoms with Crippen LogP contribution in [-0.2, 0) is 16.5 Å². The molecule has 3 rings (SSSR count). The first-order chi connectivity index (χ1) is 14.4. The zero-order chi connectivity index (χ0) is 21.4. The molecule has 0 spiro atoms. The van der Waals surface area contributed by atoms with E-state index in [9.17, 15) is 12.8 Å². The molecule has 164 valence electrons. The fourth-order valence-electron chi connectivity index (χ4n) is 4.04. The molecule has 7 heteroatoms. The molecule has 1 saturated heterocycles. The molecule has 1 heterocycles. The van der Waals surface area contributed by atoms with E-state index < -0.39 is 10.1 Å². The van der Waals surface area contributed by atoms with Gasteiger partial charge in [-0.2, -0.15) is 8.42 Å². The lowest BCUT2D eigenvalue weighted by atomic mass is 9.98. The Morgan fingerprint density at radius 1 is 1.03 bits per heavy atom. The molecular formula is C23H31FN2O3S. The number of benzene rings is 2. The number of piperazine rings is 1. The Labute approximate surface area is 179 Å². The fourth-order valence-corrected chi connectivity index (χ4v) is 4.61. The Balaban J connectivity index is 1.49. The summed E-state index contributed by atoms with van der Waals surface area (Å²) in [5, 5.41) is 3.47. The molecule has 0 bridgehead atoms. The normalized spacial score (nSPS) is 17.9. The Kier molecular flexibility index (Phi) is 8.39. The summed E-state index contributed by atoms with van der Waals surface area (Å²) in [5.74, 6) is -0.351. The molecule has 0 saturated carbocycles. The number of rotatable bonds is 10. The number of hydrogen-bond donors (Lipinski definition) is 2. The van der Waals surface area contributed by atoms with Gasteiger partial charge in [-0.05, 0) is 43.0 Å². The van der Waals surface area contributed by atoms with E-state index in [4.69, 9.17) is 4.55 Å². The number of nitrogens with zero attached hydrogens (tertiary/aromatic N) is 1. The van der Waals surface area contributed by atoms with Crippen molar-refractivity contribution in [2.45, 2.75) is 38.1 Å². The lowest BCUT2D eigenvalue weighted by Crippen LogP contribution is -2.52. The lowest BCUT2D eigenvalue weighted by Gasteiger charge is -2.36. The molecule has 30 heavy (non-hydrogen) atoms. The second-order valence-electron chi connectivity index (χ2n) is 7.98. The van der Waals surface area contributed by atoms with Crippen LogP contribution in [0.2, 0.25) is 0 Å². The number of nitrogens with one attached hydrogen (secondary N) is 1. The Bertz CT molecular complexity index is 903. The third-order valence-corrected chi connectivity index (χ3v) is 6.48. The van der Waals surface area contributed by atoms with Crippen molar-refractivity contribution in [2.24, 2.45) is 0 Å². The van der Waals surface area contributed by atoms with E-state index in [0.717, 1.165) is 57.4 Å². The lowest BCUT2D eigenvalue weighted by molar-refractivity contribution is 0.157. The zero-order valence-corrected chi connectivity index (χ0v) is 18.1. The van der Waals surface area contributed by atoms with Crippen LogP contribution in [0.4, 0.5) is 4.39 Å². The summed E-state index contributed by atoms with van der Waals surface area (Å²) in [6.07, 6.45) is 4.25. The molecule has 2 N–H and O–H groups in total. The van der Waals surface area contributed by atoms with Crippen molar-refractivity contribution in [2.75, 3.05) is 31.9 Å². The summed E-state index contributed by atoms with van der Waals surface area (Å²) in [4.78, 5) is 2.50. The van der Waals surface area contributed by atoms with Crippen LogP contribution in [0.25, 0.3) is 11.1 Å². The van der Waals surface area contributed by atoms with Crippen LogP contribution in [0, 0.1) is 5.82 Å². The van der Waals surface area contributed by atoms with Gasteiger partial charge < -0.3 is 5.32 Å². The highest BCUT2D eigenvalue weighted by Crippen LogP contribution is 2.23. The summed E-state index contributed by atoms with van der Waals surface area (Å²) in [6, 6.07) is 15.4. The van der Waals surface area contributed by atoms with Gasteiger partial charge in [-0.15, -0.1) is 0 Å². The maximum absolute atomic E-state index is 14.0. The minimum Gasteiger partial charge on any atom is -0.314 e. The summed E-state index contributed by atoms with van der Waals surface area (Å²) < 4.78 is 44.3. The number of halogens is 1. The zero-order valence-electron chi connectivity index (χ0n) is 17.3. The third kappa shape index (κ3) is 7.16. The fraction of sp³-hybridized carbons (Fsp3) is 0.478. The molecule has 0 aromatic heterocycles. The van der Waals surface area contributed by atoms with E-state index in [-0.39, 0.29) is 11.6 Å². The Morgan fingerprint density at radius 3 is 2.50 bits per heavy atom. The van der Waals surface area contributed by atoms with Crippen molar-refractivity contribution in [1.82, 2.24) is 10.2 Å². The van der Waals surface area contributed by atoms with Crippen molar-refractivity contribution < 1.29 is 17.4 Å². The molecule has 1 unspecified atom stereocenters.